The number of nitrogens with one attached hydrogen (secondary N) is 2. The second-order valence-corrected chi connectivity index (χ2v) is 7.60. The van der Waals surface area contributed by atoms with Crippen LogP contribution in [-0.4, -0.2) is 19.0 Å². The highest BCUT2D eigenvalue weighted by molar-refractivity contribution is 6.33. The zero-order valence-electron chi connectivity index (χ0n) is 15.3. The lowest BCUT2D eigenvalue weighted by Crippen LogP contribution is -2.27. The van der Waals surface area contributed by atoms with Gasteiger partial charge >= 0.3 is 0 Å². The minimum Gasteiger partial charge on any atom is -0.345 e. The van der Waals surface area contributed by atoms with E-state index in [4.69, 9.17) is 11.6 Å². The summed E-state index contributed by atoms with van der Waals surface area (Å²) in [4.78, 5) is 12.9. The van der Waals surface area contributed by atoms with E-state index >= 15 is 0 Å². The molecule has 138 valence electrons. The van der Waals surface area contributed by atoms with Crippen LogP contribution in [0.25, 0.3) is 10.8 Å². The normalized spacial score (nSPS) is 17.8. The molecule has 1 amide bonds. The van der Waals surface area contributed by atoms with Gasteiger partial charge in [0, 0.05) is 6.54 Å². The molecule has 0 bridgehead atoms. The van der Waals surface area contributed by atoms with Crippen LogP contribution in [0.15, 0.2) is 60.7 Å². The first-order valence-corrected chi connectivity index (χ1v) is 9.80. The maximum absolute atomic E-state index is 12.9. The van der Waals surface area contributed by atoms with E-state index in [0.29, 0.717) is 16.5 Å². The molecule has 1 fully saturated rings. The SMILES string of the molecule is C[C@@H](NC(=O)c1cc(C2CCNC2)ccc1Cl)c1cccc2ccccc12. The van der Waals surface area contributed by atoms with Crippen molar-refractivity contribution in [1.82, 2.24) is 10.6 Å². The van der Waals surface area contributed by atoms with Crippen LogP contribution < -0.4 is 10.6 Å². The van der Waals surface area contributed by atoms with Crippen LogP contribution in [0, 0.1) is 0 Å². The maximum Gasteiger partial charge on any atom is 0.253 e. The Morgan fingerprint density at radius 1 is 1.15 bits per heavy atom. The largest absolute Gasteiger partial charge is 0.345 e. The Bertz CT molecular complexity index is 974. The van der Waals surface area contributed by atoms with Crippen LogP contribution in [0.5, 0.6) is 0 Å². The van der Waals surface area contributed by atoms with Crippen molar-refractivity contribution in [2.24, 2.45) is 0 Å². The molecule has 2 atom stereocenters. The van der Waals surface area contributed by atoms with Gasteiger partial charge in [-0.15, -0.1) is 0 Å². The predicted octanol–water partition coefficient (Wildman–Crippen LogP) is 5.06. The van der Waals surface area contributed by atoms with Crippen LogP contribution in [-0.2, 0) is 0 Å². The van der Waals surface area contributed by atoms with Crippen LogP contribution >= 0.6 is 11.6 Å². The fourth-order valence-corrected chi connectivity index (χ4v) is 4.09. The molecule has 3 nitrogen and oxygen atoms in total. The Kier molecular flexibility index (Phi) is 5.15. The highest BCUT2D eigenvalue weighted by Crippen LogP contribution is 2.28. The summed E-state index contributed by atoms with van der Waals surface area (Å²) in [6.07, 6.45) is 1.09. The third-order valence-corrected chi connectivity index (χ3v) is 5.73. The van der Waals surface area contributed by atoms with Gasteiger partial charge in [0.05, 0.1) is 16.6 Å². The van der Waals surface area contributed by atoms with Gasteiger partial charge in [0.25, 0.3) is 5.91 Å². The van der Waals surface area contributed by atoms with Gasteiger partial charge < -0.3 is 10.6 Å². The summed E-state index contributed by atoms with van der Waals surface area (Å²) in [5, 5.41) is 9.32. The van der Waals surface area contributed by atoms with Crippen LogP contribution in [0.3, 0.4) is 0 Å². The van der Waals surface area contributed by atoms with Crippen molar-refractivity contribution in [2.75, 3.05) is 13.1 Å². The number of benzene rings is 3. The lowest BCUT2D eigenvalue weighted by molar-refractivity contribution is 0.0940. The standard InChI is InChI=1S/C23H23ClN2O/c1-15(19-8-4-6-16-5-2-3-7-20(16)19)26-23(27)21-13-17(9-10-22(21)24)18-11-12-25-14-18/h2-10,13,15,18,25H,11-12,14H2,1H3,(H,26,27)/t15-,18?/m1/s1. The lowest BCUT2D eigenvalue weighted by atomic mass is 9.96. The summed E-state index contributed by atoms with van der Waals surface area (Å²) in [5.41, 5.74) is 2.83. The van der Waals surface area contributed by atoms with Crippen molar-refractivity contribution in [3.8, 4) is 0 Å². The fraction of sp³-hybridized carbons (Fsp3) is 0.261. The predicted molar refractivity (Wildman–Crippen MR) is 112 cm³/mol. The van der Waals surface area contributed by atoms with Gasteiger partial charge in [0.15, 0.2) is 0 Å². The van der Waals surface area contributed by atoms with Gasteiger partial charge in [0.2, 0.25) is 0 Å². The maximum atomic E-state index is 12.9. The van der Waals surface area contributed by atoms with Gasteiger partial charge in [-0.25, -0.2) is 0 Å². The van der Waals surface area contributed by atoms with Crippen LogP contribution in [0.2, 0.25) is 5.02 Å². The molecule has 0 saturated carbocycles. The molecule has 1 heterocycles. The Morgan fingerprint density at radius 2 is 1.96 bits per heavy atom. The topological polar surface area (TPSA) is 41.1 Å². The zero-order chi connectivity index (χ0) is 18.8. The number of hydrogen-bond acceptors (Lipinski definition) is 2. The Balaban J connectivity index is 1.59. The van der Waals surface area contributed by atoms with Crippen LogP contribution in [0.1, 0.15) is 46.8 Å². The summed E-state index contributed by atoms with van der Waals surface area (Å²) in [5.74, 6) is 0.317. The molecule has 0 aromatic heterocycles. The number of carbonyl (C=O) groups excluding carboxylic acids is 1. The summed E-state index contributed by atoms with van der Waals surface area (Å²) in [7, 11) is 0. The van der Waals surface area contributed by atoms with Gasteiger partial charge in [-0.2, -0.15) is 0 Å². The number of rotatable bonds is 4. The van der Waals surface area contributed by atoms with Gasteiger partial charge in [0.1, 0.15) is 0 Å². The smallest absolute Gasteiger partial charge is 0.253 e. The third kappa shape index (κ3) is 3.71. The Labute approximate surface area is 164 Å². The van der Waals surface area contributed by atoms with Crippen molar-refractivity contribution in [3.63, 3.8) is 0 Å². The highest BCUT2D eigenvalue weighted by atomic mass is 35.5. The Morgan fingerprint density at radius 3 is 2.78 bits per heavy atom. The number of amides is 1. The quantitative estimate of drug-likeness (QED) is 0.666. The first kappa shape index (κ1) is 18.0. The van der Waals surface area contributed by atoms with E-state index < -0.39 is 0 Å². The molecule has 0 radical (unpaired) electrons. The van der Waals surface area contributed by atoms with E-state index in [9.17, 15) is 4.79 Å². The first-order valence-electron chi connectivity index (χ1n) is 9.42. The average Bonchev–Trinajstić information content (AvgIpc) is 3.22. The van der Waals surface area contributed by atoms with Crippen molar-refractivity contribution in [2.45, 2.75) is 25.3 Å². The monoisotopic (exact) mass is 378 g/mol. The lowest BCUT2D eigenvalue weighted by Gasteiger charge is -2.18. The summed E-state index contributed by atoms with van der Waals surface area (Å²) in [6, 6.07) is 20.1. The summed E-state index contributed by atoms with van der Waals surface area (Å²) >= 11 is 6.35. The number of carbonyl (C=O) groups is 1. The molecule has 0 aliphatic carbocycles. The number of fused-ring (bicyclic) bond motifs is 1. The molecule has 4 heteroatoms. The molecular formula is C23H23ClN2O. The molecule has 1 saturated heterocycles. The summed E-state index contributed by atoms with van der Waals surface area (Å²) < 4.78 is 0. The third-order valence-electron chi connectivity index (χ3n) is 5.40. The molecule has 0 spiro atoms. The molecule has 1 unspecified atom stereocenters. The minimum atomic E-state index is -0.131. The highest BCUT2D eigenvalue weighted by Gasteiger charge is 2.20. The fourth-order valence-electron chi connectivity index (χ4n) is 3.89. The molecule has 1 aliphatic heterocycles. The van der Waals surface area contributed by atoms with E-state index in [1.165, 1.54) is 10.9 Å². The van der Waals surface area contributed by atoms with Gasteiger partial charge in [-0.05, 0) is 59.8 Å². The minimum absolute atomic E-state index is 0.114. The van der Waals surface area contributed by atoms with Gasteiger partial charge in [-0.1, -0.05) is 60.1 Å². The molecular weight excluding hydrogens is 356 g/mol. The van der Waals surface area contributed by atoms with E-state index in [1.54, 1.807) is 0 Å². The average molecular weight is 379 g/mol. The molecule has 3 aromatic rings. The summed E-state index contributed by atoms with van der Waals surface area (Å²) in [6.45, 7) is 3.99. The van der Waals surface area contributed by atoms with Crippen LogP contribution in [0.4, 0.5) is 0 Å². The number of hydrogen-bond donors (Lipinski definition) is 2. The molecule has 2 N–H and O–H groups in total. The van der Waals surface area contributed by atoms with E-state index in [0.717, 1.165) is 30.5 Å². The second-order valence-electron chi connectivity index (χ2n) is 7.19. The molecule has 27 heavy (non-hydrogen) atoms. The van der Waals surface area contributed by atoms with Crippen molar-refractivity contribution in [3.05, 3.63) is 82.4 Å². The molecule has 3 aromatic carbocycles. The molecule has 4 rings (SSSR count). The molecule has 1 aliphatic rings. The number of halogens is 1. The first-order chi connectivity index (χ1) is 13.1. The van der Waals surface area contributed by atoms with Crippen molar-refractivity contribution in [1.29, 1.82) is 0 Å². The van der Waals surface area contributed by atoms with Crippen molar-refractivity contribution < 1.29 is 4.79 Å². The van der Waals surface area contributed by atoms with E-state index in [1.807, 2.05) is 43.3 Å². The zero-order valence-corrected chi connectivity index (χ0v) is 16.1. The van der Waals surface area contributed by atoms with Crippen molar-refractivity contribution >= 4 is 28.3 Å². The second kappa shape index (κ2) is 7.71. The van der Waals surface area contributed by atoms with E-state index in [2.05, 4.69) is 34.9 Å². The van der Waals surface area contributed by atoms with E-state index in [-0.39, 0.29) is 11.9 Å². The van der Waals surface area contributed by atoms with Gasteiger partial charge in [-0.3, -0.25) is 4.79 Å². The Hall–Kier alpha value is -2.36.